The second-order valence-electron chi connectivity index (χ2n) is 6.66. The SMILES string of the molecule is CCCO[C@@H]1C[C@@H](C(=O)NCCc2csc(N)n2)CC[C@H]1NC(=O)CC. The minimum absolute atomic E-state index is 0.00367. The summed E-state index contributed by atoms with van der Waals surface area (Å²) in [5, 5.41) is 8.50. The summed E-state index contributed by atoms with van der Waals surface area (Å²) in [5.41, 5.74) is 6.52. The zero-order valence-corrected chi connectivity index (χ0v) is 16.4. The number of ether oxygens (including phenoxy) is 1. The van der Waals surface area contributed by atoms with Gasteiger partial charge < -0.3 is 21.1 Å². The van der Waals surface area contributed by atoms with E-state index in [0.717, 1.165) is 25.0 Å². The highest BCUT2D eigenvalue weighted by Crippen LogP contribution is 2.27. The van der Waals surface area contributed by atoms with Gasteiger partial charge in [0, 0.05) is 37.3 Å². The molecule has 0 spiro atoms. The third kappa shape index (κ3) is 6.25. The van der Waals surface area contributed by atoms with Crippen LogP contribution in [0.2, 0.25) is 0 Å². The number of nitrogens with one attached hydrogen (secondary N) is 2. The van der Waals surface area contributed by atoms with E-state index in [2.05, 4.69) is 22.5 Å². The quantitative estimate of drug-likeness (QED) is 0.604. The molecular weight excluding hydrogens is 352 g/mol. The highest BCUT2D eigenvalue weighted by atomic mass is 32.1. The van der Waals surface area contributed by atoms with Crippen molar-refractivity contribution < 1.29 is 14.3 Å². The predicted octanol–water partition coefficient (Wildman–Crippen LogP) is 1.87. The standard InChI is InChI=1S/C18H30N4O3S/c1-3-9-25-15-10-12(5-6-14(15)22-16(23)4-2)17(24)20-8-7-13-11-26-18(19)21-13/h11-12,14-15H,3-10H2,1-2H3,(H2,19,21)(H,20,24)(H,22,23)/t12-,14+,15+/m0/s1. The molecule has 0 saturated heterocycles. The zero-order chi connectivity index (χ0) is 18.9. The van der Waals surface area contributed by atoms with E-state index in [1.165, 1.54) is 11.3 Å². The number of anilines is 1. The highest BCUT2D eigenvalue weighted by molar-refractivity contribution is 7.13. The van der Waals surface area contributed by atoms with Gasteiger partial charge >= 0.3 is 0 Å². The topological polar surface area (TPSA) is 106 Å². The summed E-state index contributed by atoms with van der Waals surface area (Å²) in [6.45, 7) is 5.09. The average molecular weight is 383 g/mol. The third-order valence-corrected chi connectivity index (χ3v) is 5.34. The van der Waals surface area contributed by atoms with E-state index in [4.69, 9.17) is 10.5 Å². The van der Waals surface area contributed by atoms with E-state index in [-0.39, 0.29) is 29.9 Å². The van der Waals surface area contributed by atoms with Gasteiger partial charge in [-0.3, -0.25) is 9.59 Å². The number of thiazole rings is 1. The van der Waals surface area contributed by atoms with Gasteiger partial charge in [-0.15, -0.1) is 11.3 Å². The summed E-state index contributed by atoms with van der Waals surface area (Å²) < 4.78 is 5.93. The first kappa shape index (κ1) is 20.6. The van der Waals surface area contributed by atoms with Crippen molar-refractivity contribution in [3.63, 3.8) is 0 Å². The summed E-state index contributed by atoms with van der Waals surface area (Å²) in [6.07, 6.45) is 4.12. The molecule has 3 atom stereocenters. The molecule has 0 unspecified atom stereocenters. The Morgan fingerprint density at radius 3 is 2.85 bits per heavy atom. The van der Waals surface area contributed by atoms with Crippen molar-refractivity contribution in [3.05, 3.63) is 11.1 Å². The number of amides is 2. The average Bonchev–Trinajstić information content (AvgIpc) is 3.05. The number of carbonyl (C=O) groups is 2. The van der Waals surface area contributed by atoms with E-state index in [9.17, 15) is 9.59 Å². The lowest BCUT2D eigenvalue weighted by Gasteiger charge is -2.35. The fourth-order valence-corrected chi connectivity index (χ4v) is 3.79. The Hall–Kier alpha value is -1.67. The second-order valence-corrected chi connectivity index (χ2v) is 7.55. The van der Waals surface area contributed by atoms with Crippen LogP contribution in [0, 0.1) is 5.92 Å². The molecule has 1 aromatic heterocycles. The summed E-state index contributed by atoms with van der Waals surface area (Å²) in [7, 11) is 0. The minimum Gasteiger partial charge on any atom is -0.376 e. The predicted molar refractivity (Wildman–Crippen MR) is 103 cm³/mol. The molecule has 1 fully saturated rings. The van der Waals surface area contributed by atoms with Gasteiger partial charge in [-0.25, -0.2) is 4.98 Å². The van der Waals surface area contributed by atoms with E-state index >= 15 is 0 Å². The van der Waals surface area contributed by atoms with Crippen molar-refractivity contribution >= 4 is 28.3 Å². The first-order chi connectivity index (χ1) is 12.5. The summed E-state index contributed by atoms with van der Waals surface area (Å²) in [5.74, 6) is 0.0104. The number of nitrogen functional groups attached to an aromatic ring is 1. The molecule has 0 aromatic carbocycles. The Labute approximate surface area is 159 Å². The van der Waals surface area contributed by atoms with Crippen molar-refractivity contribution in [3.8, 4) is 0 Å². The molecule has 2 amide bonds. The molecule has 0 radical (unpaired) electrons. The fourth-order valence-electron chi connectivity index (χ4n) is 3.19. The number of aromatic nitrogens is 1. The largest absolute Gasteiger partial charge is 0.376 e. The molecule has 7 nitrogen and oxygen atoms in total. The summed E-state index contributed by atoms with van der Waals surface area (Å²) in [4.78, 5) is 28.4. The second kappa shape index (κ2) is 10.5. The highest BCUT2D eigenvalue weighted by Gasteiger charge is 2.35. The molecule has 0 aliphatic heterocycles. The van der Waals surface area contributed by atoms with E-state index < -0.39 is 0 Å². The van der Waals surface area contributed by atoms with Crippen LogP contribution >= 0.6 is 11.3 Å². The maximum atomic E-state index is 12.5. The molecule has 0 bridgehead atoms. The molecule has 2 rings (SSSR count). The van der Waals surface area contributed by atoms with Gasteiger partial charge in [0.25, 0.3) is 0 Å². The Bertz CT molecular complexity index is 593. The van der Waals surface area contributed by atoms with Gasteiger partial charge in [-0.1, -0.05) is 13.8 Å². The van der Waals surface area contributed by atoms with Crippen molar-refractivity contribution in [2.24, 2.45) is 5.92 Å². The molecule has 8 heteroatoms. The van der Waals surface area contributed by atoms with Crippen LogP contribution in [0.25, 0.3) is 0 Å². The van der Waals surface area contributed by atoms with Crippen LogP contribution in [-0.4, -0.2) is 42.1 Å². The van der Waals surface area contributed by atoms with Crippen LogP contribution in [0.1, 0.15) is 51.6 Å². The Balaban J connectivity index is 1.82. The van der Waals surface area contributed by atoms with Crippen LogP contribution in [-0.2, 0) is 20.7 Å². The van der Waals surface area contributed by atoms with Crippen LogP contribution in [0.3, 0.4) is 0 Å². The number of nitrogens with two attached hydrogens (primary N) is 1. The molecule has 146 valence electrons. The van der Waals surface area contributed by atoms with Crippen molar-refractivity contribution in [2.45, 2.75) is 64.5 Å². The molecule has 4 N–H and O–H groups in total. The summed E-state index contributed by atoms with van der Waals surface area (Å²) >= 11 is 1.41. The fraction of sp³-hybridized carbons (Fsp3) is 0.722. The normalized spacial score (nSPS) is 22.8. The van der Waals surface area contributed by atoms with Crippen molar-refractivity contribution in [1.82, 2.24) is 15.6 Å². The lowest BCUT2D eigenvalue weighted by atomic mass is 9.83. The monoisotopic (exact) mass is 382 g/mol. The van der Waals surface area contributed by atoms with Crippen LogP contribution < -0.4 is 16.4 Å². The lowest BCUT2D eigenvalue weighted by molar-refractivity contribution is -0.129. The summed E-state index contributed by atoms with van der Waals surface area (Å²) in [6, 6.07) is -0.00367. The van der Waals surface area contributed by atoms with Crippen molar-refractivity contribution in [1.29, 1.82) is 0 Å². The Kier molecular flexibility index (Phi) is 8.31. The molecule has 1 aliphatic rings. The van der Waals surface area contributed by atoms with Gasteiger partial charge in [0.2, 0.25) is 11.8 Å². The smallest absolute Gasteiger partial charge is 0.223 e. The minimum atomic E-state index is -0.103. The first-order valence-corrected chi connectivity index (χ1v) is 10.3. The molecular formula is C18H30N4O3S. The number of nitrogens with zero attached hydrogens (tertiary/aromatic N) is 1. The van der Waals surface area contributed by atoms with Crippen LogP contribution in [0.4, 0.5) is 5.13 Å². The van der Waals surface area contributed by atoms with Gasteiger partial charge in [0.15, 0.2) is 5.13 Å². The maximum Gasteiger partial charge on any atom is 0.223 e. The molecule has 1 saturated carbocycles. The van der Waals surface area contributed by atoms with Crippen LogP contribution in [0.5, 0.6) is 0 Å². The van der Waals surface area contributed by atoms with Gasteiger partial charge in [-0.05, 0) is 25.7 Å². The molecule has 1 heterocycles. The van der Waals surface area contributed by atoms with Crippen molar-refractivity contribution in [2.75, 3.05) is 18.9 Å². The Morgan fingerprint density at radius 1 is 1.38 bits per heavy atom. The maximum absolute atomic E-state index is 12.5. The molecule has 1 aromatic rings. The van der Waals surface area contributed by atoms with E-state index in [0.29, 0.717) is 37.5 Å². The first-order valence-electron chi connectivity index (χ1n) is 9.42. The number of carbonyl (C=O) groups excluding carboxylic acids is 2. The number of hydrogen-bond donors (Lipinski definition) is 3. The Morgan fingerprint density at radius 2 is 2.19 bits per heavy atom. The third-order valence-electron chi connectivity index (χ3n) is 4.62. The van der Waals surface area contributed by atoms with Crippen LogP contribution in [0.15, 0.2) is 5.38 Å². The lowest BCUT2D eigenvalue weighted by Crippen LogP contribution is -2.50. The van der Waals surface area contributed by atoms with Gasteiger partial charge in [0.1, 0.15) is 0 Å². The number of hydrogen-bond acceptors (Lipinski definition) is 6. The van der Waals surface area contributed by atoms with E-state index in [1.54, 1.807) is 0 Å². The molecule has 1 aliphatic carbocycles. The van der Waals surface area contributed by atoms with Gasteiger partial charge in [0.05, 0.1) is 17.8 Å². The zero-order valence-electron chi connectivity index (χ0n) is 15.6. The van der Waals surface area contributed by atoms with Gasteiger partial charge in [-0.2, -0.15) is 0 Å². The van der Waals surface area contributed by atoms with E-state index in [1.807, 2.05) is 12.3 Å². The molecule has 26 heavy (non-hydrogen) atoms. The number of rotatable bonds is 9.